The smallest absolute Gasteiger partial charge is 0.224 e. The van der Waals surface area contributed by atoms with Crippen LogP contribution in [0.1, 0.15) is 45.1 Å². The largest absolute Gasteiger partial charge is 0.504 e. The number of hydrogen-bond acceptors (Lipinski definition) is 3. The van der Waals surface area contributed by atoms with Gasteiger partial charge in [0, 0.05) is 6.04 Å². The van der Waals surface area contributed by atoms with E-state index in [1.807, 2.05) is 0 Å². The molecule has 1 amide bonds. The number of ether oxygens (including phenoxy) is 1. The zero-order chi connectivity index (χ0) is 17.5. The first-order valence-corrected chi connectivity index (χ1v) is 8.81. The van der Waals surface area contributed by atoms with Crippen molar-refractivity contribution in [2.75, 3.05) is 7.11 Å². The molecule has 0 spiro atoms. The van der Waals surface area contributed by atoms with Crippen LogP contribution in [-0.2, 0) is 11.2 Å². The quantitative estimate of drug-likeness (QED) is 0.779. The van der Waals surface area contributed by atoms with E-state index >= 15 is 0 Å². The highest BCUT2D eigenvalue weighted by atomic mass is 16.5. The molecule has 0 unspecified atom stereocenters. The van der Waals surface area contributed by atoms with E-state index in [0.717, 1.165) is 31.2 Å². The normalized spacial score (nSPS) is 21.2. The Kier molecular flexibility index (Phi) is 6.71. The van der Waals surface area contributed by atoms with Crippen LogP contribution in [-0.4, -0.2) is 24.2 Å². The summed E-state index contributed by atoms with van der Waals surface area (Å²) in [5.41, 5.74) is 0.843. The molecule has 1 aromatic carbocycles. The number of carbonyl (C=O) groups excluding carboxylic acids is 1. The van der Waals surface area contributed by atoms with Crippen molar-refractivity contribution in [2.24, 2.45) is 11.8 Å². The van der Waals surface area contributed by atoms with Crippen molar-refractivity contribution in [2.45, 2.75) is 52.0 Å². The highest BCUT2D eigenvalue weighted by molar-refractivity contribution is 5.79. The van der Waals surface area contributed by atoms with Crippen molar-refractivity contribution in [3.8, 4) is 11.5 Å². The van der Waals surface area contributed by atoms with Gasteiger partial charge in [-0.1, -0.05) is 32.1 Å². The number of benzene rings is 1. The number of hydrogen-bond donors (Lipinski definition) is 2. The lowest BCUT2D eigenvalue weighted by molar-refractivity contribution is -0.121. The molecule has 24 heavy (non-hydrogen) atoms. The minimum absolute atomic E-state index is 0.0314. The minimum Gasteiger partial charge on any atom is -0.504 e. The molecule has 2 N–H and O–H groups in total. The van der Waals surface area contributed by atoms with Crippen LogP contribution in [0.3, 0.4) is 0 Å². The van der Waals surface area contributed by atoms with Crippen LogP contribution in [0.5, 0.6) is 11.5 Å². The summed E-state index contributed by atoms with van der Waals surface area (Å²) in [7, 11) is 1.51. The molecular weight excluding hydrogens is 302 g/mol. The summed E-state index contributed by atoms with van der Waals surface area (Å²) in [5, 5.41) is 12.7. The number of amides is 1. The van der Waals surface area contributed by atoms with Gasteiger partial charge in [0.1, 0.15) is 0 Å². The van der Waals surface area contributed by atoms with E-state index in [1.54, 1.807) is 18.2 Å². The van der Waals surface area contributed by atoms with Gasteiger partial charge in [-0.25, -0.2) is 0 Å². The van der Waals surface area contributed by atoms with Gasteiger partial charge in [-0.05, 0) is 55.2 Å². The van der Waals surface area contributed by atoms with Gasteiger partial charge in [-0.15, -0.1) is 0 Å². The van der Waals surface area contributed by atoms with E-state index in [4.69, 9.17) is 4.74 Å². The first-order valence-electron chi connectivity index (χ1n) is 8.81. The van der Waals surface area contributed by atoms with E-state index in [1.165, 1.54) is 7.11 Å². The second-order valence-electron chi connectivity index (χ2n) is 6.99. The zero-order valence-corrected chi connectivity index (χ0v) is 14.9. The van der Waals surface area contributed by atoms with Gasteiger partial charge < -0.3 is 15.2 Å². The van der Waals surface area contributed by atoms with Gasteiger partial charge in [-0.3, -0.25) is 4.79 Å². The van der Waals surface area contributed by atoms with E-state index < -0.39 is 0 Å². The molecule has 0 bridgehead atoms. The third kappa shape index (κ3) is 5.59. The number of methoxy groups -OCH3 is 1. The minimum atomic E-state index is 0.0314. The lowest BCUT2D eigenvalue weighted by atomic mass is 9.85. The maximum absolute atomic E-state index is 12.2. The standard InChI is InChI=1S/C20H29NO3/c1-14(2)4-5-15-6-9-17(10-7-15)21-20(23)13-16-8-11-18(22)19(12-16)24-3/h4-5,8,11-12,14-15,17,22H,6-7,9-10,13H2,1-3H3,(H,21,23)/t15-,17-. The first-order chi connectivity index (χ1) is 11.5. The first kappa shape index (κ1) is 18.4. The summed E-state index contributed by atoms with van der Waals surface area (Å²) < 4.78 is 5.08. The third-order valence-corrected chi connectivity index (χ3v) is 4.51. The number of phenols is 1. The fraction of sp³-hybridized carbons (Fsp3) is 0.550. The van der Waals surface area contributed by atoms with Gasteiger partial charge >= 0.3 is 0 Å². The van der Waals surface area contributed by atoms with Crippen LogP contribution in [0.15, 0.2) is 30.4 Å². The number of carbonyl (C=O) groups is 1. The summed E-state index contributed by atoms with van der Waals surface area (Å²) >= 11 is 0. The highest BCUT2D eigenvalue weighted by Crippen LogP contribution is 2.27. The van der Waals surface area contributed by atoms with Gasteiger partial charge in [0.15, 0.2) is 11.5 Å². The van der Waals surface area contributed by atoms with Crippen molar-refractivity contribution in [3.05, 3.63) is 35.9 Å². The molecule has 1 aliphatic carbocycles. The lowest BCUT2D eigenvalue weighted by Gasteiger charge is -2.27. The molecule has 0 heterocycles. The van der Waals surface area contributed by atoms with Crippen LogP contribution in [0.2, 0.25) is 0 Å². The molecule has 0 radical (unpaired) electrons. The highest BCUT2D eigenvalue weighted by Gasteiger charge is 2.21. The number of nitrogens with one attached hydrogen (secondary N) is 1. The Balaban J connectivity index is 1.79. The molecular formula is C20H29NO3. The average Bonchev–Trinajstić information content (AvgIpc) is 2.56. The van der Waals surface area contributed by atoms with E-state index in [-0.39, 0.29) is 17.7 Å². The molecule has 0 aliphatic heterocycles. The topological polar surface area (TPSA) is 58.6 Å². The summed E-state index contributed by atoms with van der Waals surface area (Å²) in [5.74, 6) is 1.78. The van der Waals surface area contributed by atoms with Crippen LogP contribution >= 0.6 is 0 Å². The van der Waals surface area contributed by atoms with Crippen LogP contribution in [0, 0.1) is 11.8 Å². The van der Waals surface area contributed by atoms with Crippen molar-refractivity contribution < 1.29 is 14.6 Å². The number of rotatable bonds is 6. The molecule has 1 aromatic rings. The Morgan fingerprint density at radius 3 is 2.67 bits per heavy atom. The predicted molar refractivity (Wildman–Crippen MR) is 96.2 cm³/mol. The second kappa shape index (κ2) is 8.76. The van der Waals surface area contributed by atoms with Crippen LogP contribution in [0.4, 0.5) is 0 Å². The van der Waals surface area contributed by atoms with Gasteiger partial charge in [0.2, 0.25) is 5.91 Å². The molecule has 0 aromatic heterocycles. The molecule has 1 saturated carbocycles. The summed E-state index contributed by atoms with van der Waals surface area (Å²) in [6.07, 6.45) is 9.29. The summed E-state index contributed by atoms with van der Waals surface area (Å²) in [4.78, 5) is 12.2. The maximum Gasteiger partial charge on any atom is 0.224 e. The monoisotopic (exact) mass is 331 g/mol. The molecule has 132 valence electrons. The summed E-state index contributed by atoms with van der Waals surface area (Å²) in [6.45, 7) is 4.39. The molecule has 1 aliphatic rings. The van der Waals surface area contributed by atoms with E-state index in [2.05, 4.69) is 31.3 Å². The average molecular weight is 331 g/mol. The lowest BCUT2D eigenvalue weighted by Crippen LogP contribution is -2.38. The van der Waals surface area contributed by atoms with Gasteiger partial charge in [0.05, 0.1) is 13.5 Å². The Morgan fingerprint density at radius 1 is 1.33 bits per heavy atom. The maximum atomic E-state index is 12.2. The second-order valence-corrected chi connectivity index (χ2v) is 6.99. The molecule has 4 heteroatoms. The van der Waals surface area contributed by atoms with Gasteiger partial charge in [-0.2, -0.15) is 0 Å². The molecule has 2 rings (SSSR count). The SMILES string of the molecule is COc1cc(CC(=O)N[C@H]2CC[C@H](C=CC(C)C)CC2)ccc1O. The van der Waals surface area contributed by atoms with E-state index in [0.29, 0.717) is 24.0 Å². The van der Waals surface area contributed by atoms with Crippen molar-refractivity contribution >= 4 is 5.91 Å². The van der Waals surface area contributed by atoms with Crippen LogP contribution < -0.4 is 10.1 Å². The Morgan fingerprint density at radius 2 is 2.04 bits per heavy atom. The fourth-order valence-corrected chi connectivity index (χ4v) is 3.13. The molecule has 1 fully saturated rings. The zero-order valence-electron chi connectivity index (χ0n) is 14.9. The van der Waals surface area contributed by atoms with Crippen LogP contribution in [0.25, 0.3) is 0 Å². The number of phenolic OH excluding ortho intramolecular Hbond substituents is 1. The molecule has 0 saturated heterocycles. The third-order valence-electron chi connectivity index (χ3n) is 4.51. The molecule has 4 nitrogen and oxygen atoms in total. The predicted octanol–water partition coefficient (Wildman–Crippen LogP) is 3.83. The number of aromatic hydroxyl groups is 1. The Hall–Kier alpha value is -1.97. The van der Waals surface area contributed by atoms with E-state index in [9.17, 15) is 9.90 Å². The fourth-order valence-electron chi connectivity index (χ4n) is 3.13. The van der Waals surface area contributed by atoms with Gasteiger partial charge in [0.25, 0.3) is 0 Å². The van der Waals surface area contributed by atoms with Crippen molar-refractivity contribution in [1.82, 2.24) is 5.32 Å². The number of allylic oxidation sites excluding steroid dienone is 2. The van der Waals surface area contributed by atoms with Crippen molar-refractivity contribution in [3.63, 3.8) is 0 Å². The van der Waals surface area contributed by atoms with Crippen molar-refractivity contribution in [1.29, 1.82) is 0 Å². The Bertz CT molecular complexity index is 572. The Labute approximate surface area is 144 Å². The summed E-state index contributed by atoms with van der Waals surface area (Å²) in [6, 6.07) is 5.31. The molecule has 0 atom stereocenters.